The average Bonchev–Trinajstić information content (AvgIpc) is 1.30. The number of rotatable bonds is 0. The Balaban J connectivity index is 2.51. The van der Waals surface area contributed by atoms with Crippen LogP contribution < -0.4 is 0 Å². The molecular formula is C3H4O2. The lowest BCUT2D eigenvalue weighted by atomic mass is 10.6. The highest BCUT2D eigenvalue weighted by Gasteiger charge is 1.98. The molecule has 0 spiro atoms. The van der Waals surface area contributed by atoms with Gasteiger partial charge in [-0.25, -0.2) is 0 Å². The fraction of sp³-hybridized carbons (Fsp3) is 0.333. The summed E-state index contributed by atoms with van der Waals surface area (Å²) in [4.78, 5) is 0. The Labute approximate surface area is 29.7 Å². The van der Waals surface area contributed by atoms with Gasteiger partial charge in [0.2, 0.25) is 0 Å². The fourth-order valence-corrected chi connectivity index (χ4v) is 0.158. The Morgan fingerprint density at radius 2 is 2.40 bits per heavy atom. The molecule has 1 N–H and O–H groups in total. The Hall–Kier alpha value is -0.660. The van der Waals surface area contributed by atoms with Gasteiger partial charge in [0.15, 0.2) is 0 Å². The van der Waals surface area contributed by atoms with E-state index in [1.165, 1.54) is 0 Å². The molecular weight excluding hydrogens is 68.0 g/mol. The molecule has 0 bridgehead atoms. The van der Waals surface area contributed by atoms with Gasteiger partial charge in [-0.2, -0.15) is 0 Å². The van der Waals surface area contributed by atoms with Gasteiger partial charge in [-0.15, -0.1) is 0 Å². The van der Waals surface area contributed by atoms with Gasteiger partial charge < -0.3 is 9.84 Å². The van der Waals surface area contributed by atoms with Gasteiger partial charge >= 0.3 is 0 Å². The minimum absolute atomic E-state index is 0.0602. The van der Waals surface area contributed by atoms with Gasteiger partial charge in [0.1, 0.15) is 6.61 Å². The van der Waals surface area contributed by atoms with Crippen molar-refractivity contribution >= 4 is 0 Å². The van der Waals surface area contributed by atoms with Gasteiger partial charge in [-0.05, 0) is 0 Å². The molecule has 1 heterocycles. The number of aliphatic hydroxyl groups excluding tert-OH is 1. The first-order chi connectivity index (χ1) is 2.39. The van der Waals surface area contributed by atoms with Gasteiger partial charge in [0.25, 0.3) is 5.95 Å². The number of hydrogen-bond donors (Lipinski definition) is 1. The minimum Gasteiger partial charge on any atom is -0.481 e. The Kier molecular flexibility index (Phi) is 0.330. The van der Waals surface area contributed by atoms with Crippen LogP contribution in [0.1, 0.15) is 0 Å². The molecule has 1 aliphatic rings. The lowest BCUT2D eigenvalue weighted by Crippen LogP contribution is -2.01. The molecule has 0 aromatic heterocycles. The van der Waals surface area contributed by atoms with Crippen LogP contribution in [0.5, 0.6) is 0 Å². The van der Waals surface area contributed by atoms with Gasteiger partial charge in [0, 0.05) is 6.08 Å². The molecule has 0 aliphatic carbocycles. The van der Waals surface area contributed by atoms with Crippen LogP contribution in [0.25, 0.3) is 0 Å². The van der Waals surface area contributed by atoms with E-state index < -0.39 is 0 Å². The van der Waals surface area contributed by atoms with Crippen LogP contribution in [0.4, 0.5) is 0 Å². The average molecular weight is 72.1 g/mol. The van der Waals surface area contributed by atoms with Crippen LogP contribution in [0.15, 0.2) is 12.0 Å². The summed E-state index contributed by atoms with van der Waals surface area (Å²) in [6.07, 6.45) is 1.60. The first-order valence-electron chi connectivity index (χ1n) is 1.41. The van der Waals surface area contributed by atoms with Crippen LogP contribution in [0.3, 0.4) is 0 Å². The smallest absolute Gasteiger partial charge is 0.276 e. The predicted molar refractivity (Wildman–Crippen MR) is 16.7 cm³/mol. The molecule has 0 saturated heterocycles. The SMILES string of the molecule is OC1=CCO1. The van der Waals surface area contributed by atoms with E-state index in [0.717, 1.165) is 0 Å². The van der Waals surface area contributed by atoms with Crippen molar-refractivity contribution in [2.75, 3.05) is 6.61 Å². The molecule has 5 heavy (non-hydrogen) atoms. The molecule has 28 valence electrons. The molecule has 0 fully saturated rings. The quantitative estimate of drug-likeness (QED) is 0.449. The van der Waals surface area contributed by atoms with Gasteiger partial charge in [-0.3, -0.25) is 0 Å². The predicted octanol–water partition coefficient (Wildman–Crippen LogP) is 0.416. The van der Waals surface area contributed by atoms with Crippen LogP contribution in [-0.2, 0) is 4.74 Å². The van der Waals surface area contributed by atoms with Gasteiger partial charge in [0.05, 0.1) is 0 Å². The van der Waals surface area contributed by atoms with Crippen molar-refractivity contribution in [3.05, 3.63) is 12.0 Å². The second kappa shape index (κ2) is 0.641. The lowest BCUT2D eigenvalue weighted by Gasteiger charge is -2.07. The first-order valence-corrected chi connectivity index (χ1v) is 1.41. The molecule has 0 aromatic carbocycles. The molecule has 0 amide bonds. The largest absolute Gasteiger partial charge is 0.481 e. The first kappa shape index (κ1) is 2.57. The topological polar surface area (TPSA) is 29.5 Å². The summed E-state index contributed by atoms with van der Waals surface area (Å²) in [5.74, 6) is 0.0602. The summed E-state index contributed by atoms with van der Waals surface area (Å²) in [5, 5.41) is 8.09. The van der Waals surface area contributed by atoms with Crippen LogP contribution in [0.2, 0.25) is 0 Å². The maximum atomic E-state index is 8.09. The maximum absolute atomic E-state index is 8.09. The molecule has 0 atom stereocenters. The van der Waals surface area contributed by atoms with Crippen LogP contribution in [-0.4, -0.2) is 11.7 Å². The maximum Gasteiger partial charge on any atom is 0.276 e. The van der Waals surface area contributed by atoms with E-state index in [-0.39, 0.29) is 5.95 Å². The second-order valence-corrected chi connectivity index (χ2v) is 0.853. The highest BCUT2D eigenvalue weighted by Crippen LogP contribution is 2.00. The van der Waals surface area contributed by atoms with E-state index in [9.17, 15) is 0 Å². The lowest BCUT2D eigenvalue weighted by molar-refractivity contribution is 0.0680. The third-order valence-electron chi connectivity index (χ3n) is 0.489. The van der Waals surface area contributed by atoms with Gasteiger partial charge in [-0.1, -0.05) is 0 Å². The number of ether oxygens (including phenoxy) is 1. The zero-order valence-electron chi connectivity index (χ0n) is 2.64. The standard InChI is InChI=1S/C3H4O2/c4-3-1-2-5-3/h1,4H,2H2. The monoisotopic (exact) mass is 72.0 g/mol. The van der Waals surface area contributed by atoms with Crippen molar-refractivity contribution in [2.45, 2.75) is 0 Å². The summed E-state index contributed by atoms with van der Waals surface area (Å²) >= 11 is 0. The third-order valence-corrected chi connectivity index (χ3v) is 0.489. The molecule has 0 saturated carbocycles. The zero-order valence-corrected chi connectivity index (χ0v) is 2.64. The second-order valence-electron chi connectivity index (χ2n) is 0.853. The zero-order chi connectivity index (χ0) is 3.70. The van der Waals surface area contributed by atoms with E-state index in [0.29, 0.717) is 6.61 Å². The highest BCUT2D eigenvalue weighted by atomic mass is 16.6. The van der Waals surface area contributed by atoms with E-state index in [1.807, 2.05) is 0 Å². The van der Waals surface area contributed by atoms with Crippen molar-refractivity contribution in [3.63, 3.8) is 0 Å². The van der Waals surface area contributed by atoms with Crippen molar-refractivity contribution in [1.82, 2.24) is 0 Å². The summed E-state index contributed by atoms with van der Waals surface area (Å²) in [7, 11) is 0. The summed E-state index contributed by atoms with van der Waals surface area (Å²) in [6, 6.07) is 0. The highest BCUT2D eigenvalue weighted by molar-refractivity contribution is 4.90. The molecule has 0 aromatic rings. The summed E-state index contributed by atoms with van der Waals surface area (Å²) in [5.41, 5.74) is 0. The Morgan fingerprint density at radius 3 is 2.40 bits per heavy atom. The summed E-state index contributed by atoms with van der Waals surface area (Å²) < 4.78 is 4.35. The minimum atomic E-state index is 0.0602. The Bertz CT molecular complexity index is 65.3. The van der Waals surface area contributed by atoms with Crippen LogP contribution >= 0.6 is 0 Å². The van der Waals surface area contributed by atoms with E-state index in [1.54, 1.807) is 6.08 Å². The molecule has 2 heteroatoms. The molecule has 0 radical (unpaired) electrons. The van der Waals surface area contributed by atoms with E-state index >= 15 is 0 Å². The van der Waals surface area contributed by atoms with Crippen molar-refractivity contribution < 1.29 is 9.84 Å². The van der Waals surface area contributed by atoms with E-state index in [2.05, 4.69) is 4.74 Å². The molecule has 1 rings (SSSR count). The van der Waals surface area contributed by atoms with Crippen LogP contribution in [0, 0.1) is 0 Å². The van der Waals surface area contributed by atoms with Crippen molar-refractivity contribution in [3.8, 4) is 0 Å². The summed E-state index contributed by atoms with van der Waals surface area (Å²) in [6.45, 7) is 0.575. The van der Waals surface area contributed by atoms with E-state index in [4.69, 9.17) is 5.11 Å². The van der Waals surface area contributed by atoms with Crippen molar-refractivity contribution in [1.29, 1.82) is 0 Å². The molecule has 1 aliphatic heterocycles. The number of aliphatic hydroxyl groups is 1. The molecule has 2 nitrogen and oxygen atoms in total. The molecule has 0 unspecified atom stereocenters. The number of hydrogen-bond acceptors (Lipinski definition) is 2. The normalized spacial score (nSPS) is 18.8. The third kappa shape index (κ3) is 0.210. The fourth-order valence-electron chi connectivity index (χ4n) is 0.158. The Morgan fingerprint density at radius 1 is 2.00 bits per heavy atom. The van der Waals surface area contributed by atoms with Crippen molar-refractivity contribution in [2.24, 2.45) is 0 Å².